The predicted octanol–water partition coefficient (Wildman–Crippen LogP) is 3.78. The topological polar surface area (TPSA) is 94.8 Å². The van der Waals surface area contributed by atoms with Crippen molar-refractivity contribution in [2.45, 2.75) is 13.5 Å². The average molecular weight is 430 g/mol. The summed E-state index contributed by atoms with van der Waals surface area (Å²) in [5.41, 5.74) is 3.70. The van der Waals surface area contributed by atoms with Gasteiger partial charge in [0.1, 0.15) is 11.3 Å². The first-order valence-electron chi connectivity index (χ1n) is 9.85. The number of methoxy groups -OCH3 is 1. The lowest BCUT2D eigenvalue weighted by molar-refractivity contribution is -0.683. The maximum Gasteiger partial charge on any atom is 0.343 e. The molecule has 1 aromatic carbocycles. The standard InChI is InChI=1S/C24H20N3O5/c1-16-6-4-11-26-21(16)13-20(17-7-3-9-19(12-17)27(30)31)23(26)22(28)15-25-10-5-8-18(14-25)24(29)32-2/h3-14H,15H2,1-2H3/q+1. The first-order valence-corrected chi connectivity index (χ1v) is 9.85. The first-order chi connectivity index (χ1) is 15.4. The number of ketones is 1. The van der Waals surface area contributed by atoms with E-state index in [2.05, 4.69) is 0 Å². The second kappa shape index (κ2) is 8.43. The van der Waals surface area contributed by atoms with Gasteiger partial charge in [-0.15, -0.1) is 0 Å². The summed E-state index contributed by atoms with van der Waals surface area (Å²) in [5.74, 6) is -0.697. The largest absolute Gasteiger partial charge is 0.465 e. The molecule has 8 heteroatoms. The minimum absolute atomic E-state index is 0.0210. The zero-order chi connectivity index (χ0) is 22.8. The number of nitro groups is 1. The number of esters is 1. The van der Waals surface area contributed by atoms with Gasteiger partial charge in [-0.1, -0.05) is 18.2 Å². The lowest BCUT2D eigenvalue weighted by Gasteiger charge is -2.06. The van der Waals surface area contributed by atoms with E-state index in [4.69, 9.17) is 4.74 Å². The first kappa shape index (κ1) is 20.9. The number of Topliss-reactive ketones (excluding diaryl/α,β-unsaturated/α-hetero) is 1. The van der Waals surface area contributed by atoms with Gasteiger partial charge in [0.05, 0.1) is 12.0 Å². The number of hydrogen-bond acceptors (Lipinski definition) is 5. The van der Waals surface area contributed by atoms with E-state index in [-0.39, 0.29) is 18.0 Å². The summed E-state index contributed by atoms with van der Waals surface area (Å²) in [5, 5.41) is 11.3. The van der Waals surface area contributed by atoms with Gasteiger partial charge in [0.25, 0.3) is 5.69 Å². The predicted molar refractivity (Wildman–Crippen MR) is 117 cm³/mol. The summed E-state index contributed by atoms with van der Waals surface area (Å²) in [7, 11) is 1.30. The minimum Gasteiger partial charge on any atom is -0.465 e. The van der Waals surface area contributed by atoms with E-state index in [0.29, 0.717) is 22.4 Å². The Kier molecular flexibility index (Phi) is 5.51. The molecule has 0 aliphatic heterocycles. The molecule has 0 bridgehead atoms. The number of non-ortho nitro benzene ring substituents is 1. The van der Waals surface area contributed by atoms with Gasteiger partial charge < -0.3 is 9.14 Å². The molecule has 0 unspecified atom stereocenters. The third-order valence-corrected chi connectivity index (χ3v) is 5.26. The molecule has 32 heavy (non-hydrogen) atoms. The summed E-state index contributed by atoms with van der Waals surface area (Å²) in [6.45, 7) is 1.92. The number of ether oxygens (including phenoxy) is 1. The Morgan fingerprint density at radius 2 is 1.94 bits per heavy atom. The van der Waals surface area contributed by atoms with Crippen LogP contribution in [0, 0.1) is 17.0 Å². The second-order valence-electron chi connectivity index (χ2n) is 7.34. The highest BCUT2D eigenvalue weighted by atomic mass is 16.6. The Balaban J connectivity index is 1.83. The van der Waals surface area contributed by atoms with Gasteiger partial charge in [-0.2, -0.15) is 4.57 Å². The van der Waals surface area contributed by atoms with Gasteiger partial charge in [-0.05, 0) is 36.2 Å². The van der Waals surface area contributed by atoms with Crippen LogP contribution < -0.4 is 4.57 Å². The van der Waals surface area contributed by atoms with E-state index in [9.17, 15) is 19.7 Å². The fourth-order valence-corrected chi connectivity index (χ4v) is 3.73. The summed E-state index contributed by atoms with van der Waals surface area (Å²) in [6.07, 6.45) is 5.04. The molecule has 0 saturated carbocycles. The number of aromatic nitrogens is 2. The van der Waals surface area contributed by atoms with Crippen LogP contribution in [0.1, 0.15) is 26.4 Å². The van der Waals surface area contributed by atoms with Crippen LogP contribution in [0.4, 0.5) is 5.69 Å². The lowest BCUT2D eigenvalue weighted by atomic mass is 10.0. The zero-order valence-electron chi connectivity index (χ0n) is 17.5. The number of nitro benzene ring substituents is 1. The number of aryl methyl sites for hydroxylation is 1. The third kappa shape index (κ3) is 3.85. The Morgan fingerprint density at radius 1 is 1.12 bits per heavy atom. The summed E-state index contributed by atoms with van der Waals surface area (Å²) in [4.78, 5) is 36.1. The number of hydrogen-bond donors (Lipinski definition) is 0. The molecular formula is C24H20N3O5+. The molecule has 0 amide bonds. The van der Waals surface area contributed by atoms with Crippen LogP contribution in [-0.2, 0) is 11.3 Å². The van der Waals surface area contributed by atoms with Gasteiger partial charge in [0.2, 0.25) is 12.3 Å². The normalized spacial score (nSPS) is 10.8. The maximum absolute atomic E-state index is 13.5. The van der Waals surface area contributed by atoms with E-state index in [1.807, 2.05) is 25.1 Å². The molecule has 0 fully saturated rings. The van der Waals surface area contributed by atoms with Crippen LogP contribution in [0.15, 0.2) is 73.2 Å². The highest BCUT2D eigenvalue weighted by molar-refractivity contribution is 6.02. The average Bonchev–Trinajstić information content (AvgIpc) is 3.20. The fourth-order valence-electron chi connectivity index (χ4n) is 3.73. The van der Waals surface area contributed by atoms with Crippen LogP contribution >= 0.6 is 0 Å². The van der Waals surface area contributed by atoms with Crippen molar-refractivity contribution >= 4 is 23.0 Å². The van der Waals surface area contributed by atoms with E-state index < -0.39 is 10.9 Å². The number of fused-ring (bicyclic) bond motifs is 1. The van der Waals surface area contributed by atoms with Crippen molar-refractivity contribution in [3.8, 4) is 11.1 Å². The van der Waals surface area contributed by atoms with Gasteiger partial charge in [0, 0.05) is 35.5 Å². The fraction of sp³-hybridized carbons (Fsp3) is 0.125. The molecule has 3 heterocycles. The molecule has 0 atom stereocenters. The molecule has 0 N–H and O–H groups in total. The second-order valence-corrected chi connectivity index (χ2v) is 7.34. The van der Waals surface area contributed by atoms with Crippen molar-refractivity contribution in [3.05, 3.63) is 100 Å². The number of pyridine rings is 2. The molecule has 4 aromatic rings. The van der Waals surface area contributed by atoms with Crippen LogP contribution in [0.25, 0.3) is 16.6 Å². The van der Waals surface area contributed by atoms with Crippen LogP contribution in [0.5, 0.6) is 0 Å². The van der Waals surface area contributed by atoms with Crippen molar-refractivity contribution in [3.63, 3.8) is 0 Å². The SMILES string of the molecule is COC(=O)c1ccc[n+](CC(=O)c2c(-c3cccc([N+](=O)[O-])c3)cc3c(C)cccn23)c1. The Labute approximate surface area is 183 Å². The molecule has 4 rings (SSSR count). The van der Waals surface area contributed by atoms with Crippen molar-refractivity contribution in [1.82, 2.24) is 4.40 Å². The van der Waals surface area contributed by atoms with Crippen LogP contribution in [0.2, 0.25) is 0 Å². The van der Waals surface area contributed by atoms with E-state index in [0.717, 1.165) is 11.1 Å². The molecule has 0 spiro atoms. The molecule has 0 aliphatic rings. The number of rotatable bonds is 6. The smallest absolute Gasteiger partial charge is 0.343 e. The zero-order valence-corrected chi connectivity index (χ0v) is 17.5. The summed E-state index contributed by atoms with van der Waals surface area (Å²) >= 11 is 0. The molecular weight excluding hydrogens is 410 g/mol. The van der Waals surface area contributed by atoms with E-state index in [1.54, 1.807) is 51.8 Å². The van der Waals surface area contributed by atoms with E-state index in [1.165, 1.54) is 19.2 Å². The van der Waals surface area contributed by atoms with Crippen molar-refractivity contribution in [2.75, 3.05) is 7.11 Å². The number of carbonyl (C=O) groups excluding carboxylic acids is 2. The quantitative estimate of drug-likeness (QED) is 0.153. The van der Waals surface area contributed by atoms with Gasteiger partial charge in [0.15, 0.2) is 12.4 Å². The molecule has 8 nitrogen and oxygen atoms in total. The third-order valence-electron chi connectivity index (χ3n) is 5.26. The van der Waals surface area contributed by atoms with Crippen molar-refractivity contribution in [1.29, 1.82) is 0 Å². The molecule has 0 radical (unpaired) electrons. The lowest BCUT2D eigenvalue weighted by Crippen LogP contribution is -2.38. The summed E-state index contributed by atoms with van der Waals surface area (Å²) < 4.78 is 8.16. The number of carbonyl (C=O) groups is 2. The molecule has 160 valence electrons. The highest BCUT2D eigenvalue weighted by Gasteiger charge is 2.24. The maximum atomic E-state index is 13.5. The Bertz CT molecular complexity index is 1370. The minimum atomic E-state index is -0.493. The number of benzene rings is 1. The van der Waals surface area contributed by atoms with Crippen LogP contribution in [0.3, 0.4) is 0 Å². The van der Waals surface area contributed by atoms with Gasteiger partial charge in [-0.3, -0.25) is 14.9 Å². The molecule has 0 aliphatic carbocycles. The highest BCUT2D eigenvalue weighted by Crippen LogP contribution is 2.31. The molecule has 0 saturated heterocycles. The van der Waals surface area contributed by atoms with Crippen molar-refractivity contribution < 1.29 is 23.8 Å². The summed E-state index contributed by atoms with van der Waals surface area (Å²) in [6, 6.07) is 15.2. The molecule has 3 aromatic heterocycles. The van der Waals surface area contributed by atoms with Gasteiger partial charge >= 0.3 is 5.97 Å². The monoisotopic (exact) mass is 430 g/mol. The van der Waals surface area contributed by atoms with Crippen molar-refractivity contribution in [2.24, 2.45) is 0 Å². The van der Waals surface area contributed by atoms with E-state index >= 15 is 0 Å². The Morgan fingerprint density at radius 3 is 2.69 bits per heavy atom. The number of nitrogens with zero attached hydrogens (tertiary/aromatic N) is 3. The Hall–Kier alpha value is -4.33. The van der Waals surface area contributed by atoms with Crippen LogP contribution in [-0.4, -0.2) is 28.2 Å². The van der Waals surface area contributed by atoms with Gasteiger partial charge in [-0.25, -0.2) is 4.79 Å².